The van der Waals surface area contributed by atoms with Gasteiger partial charge in [0.05, 0.1) is 14.1 Å². The quantitative estimate of drug-likeness (QED) is 0.395. The predicted molar refractivity (Wildman–Crippen MR) is 66.1 cm³/mol. The first-order valence-corrected chi connectivity index (χ1v) is 5.35. The van der Waals surface area contributed by atoms with Gasteiger partial charge in [0.1, 0.15) is 13.1 Å². The molecule has 0 spiro atoms. The SMILES string of the molecule is CC#CC[N+](C)(C)CC(=O)c1ccccc1.[Br-]. The molecule has 0 aromatic heterocycles. The molecular formula is C14H18BrNO. The van der Waals surface area contributed by atoms with Crippen LogP contribution in [0.5, 0.6) is 0 Å². The number of carbonyl (C=O) groups excluding carboxylic acids is 1. The lowest BCUT2D eigenvalue weighted by molar-refractivity contribution is -0.874. The summed E-state index contributed by atoms with van der Waals surface area (Å²) >= 11 is 0. The summed E-state index contributed by atoms with van der Waals surface area (Å²) < 4.78 is 0.606. The molecule has 0 aliphatic heterocycles. The molecule has 0 aliphatic rings. The minimum absolute atomic E-state index is 0. The topological polar surface area (TPSA) is 17.1 Å². The van der Waals surface area contributed by atoms with E-state index in [2.05, 4.69) is 11.8 Å². The summed E-state index contributed by atoms with van der Waals surface area (Å²) in [5, 5.41) is 0. The monoisotopic (exact) mass is 295 g/mol. The number of rotatable bonds is 4. The van der Waals surface area contributed by atoms with Crippen molar-refractivity contribution in [1.29, 1.82) is 0 Å². The maximum atomic E-state index is 12.0. The standard InChI is InChI=1S/C14H18NO.BrH/c1-4-5-11-15(2,3)12-14(16)13-9-7-6-8-10-13;/h6-10H,11-12H2,1-3H3;1H/q+1;/p-1. The van der Waals surface area contributed by atoms with Crippen molar-refractivity contribution in [3.05, 3.63) is 35.9 Å². The van der Waals surface area contributed by atoms with Crippen molar-refractivity contribution >= 4 is 5.78 Å². The maximum Gasteiger partial charge on any atom is 0.216 e. The van der Waals surface area contributed by atoms with E-state index in [9.17, 15) is 4.79 Å². The molecule has 0 atom stereocenters. The molecule has 3 heteroatoms. The molecule has 0 bridgehead atoms. The van der Waals surface area contributed by atoms with Crippen molar-refractivity contribution in [2.45, 2.75) is 6.92 Å². The first-order valence-electron chi connectivity index (χ1n) is 5.35. The van der Waals surface area contributed by atoms with Gasteiger partial charge in [0, 0.05) is 5.56 Å². The highest BCUT2D eigenvalue weighted by atomic mass is 79.9. The van der Waals surface area contributed by atoms with Gasteiger partial charge in [0.25, 0.3) is 0 Å². The Balaban J connectivity index is 0.00000256. The van der Waals surface area contributed by atoms with Crippen molar-refractivity contribution in [2.24, 2.45) is 0 Å². The Bertz CT molecular complexity index is 415. The van der Waals surface area contributed by atoms with Crippen LogP contribution < -0.4 is 17.0 Å². The molecule has 0 amide bonds. The molecule has 0 saturated heterocycles. The van der Waals surface area contributed by atoms with E-state index in [-0.39, 0.29) is 22.8 Å². The average molecular weight is 296 g/mol. The molecule has 17 heavy (non-hydrogen) atoms. The van der Waals surface area contributed by atoms with Gasteiger partial charge >= 0.3 is 0 Å². The number of carbonyl (C=O) groups is 1. The lowest BCUT2D eigenvalue weighted by Gasteiger charge is -2.26. The van der Waals surface area contributed by atoms with Gasteiger partial charge in [-0.25, -0.2) is 0 Å². The Morgan fingerprint density at radius 3 is 2.35 bits per heavy atom. The second kappa shape index (κ2) is 7.26. The molecule has 92 valence electrons. The summed E-state index contributed by atoms with van der Waals surface area (Å²) in [4.78, 5) is 12.0. The normalized spacial score (nSPS) is 9.82. The molecule has 2 nitrogen and oxygen atoms in total. The number of likely N-dealkylation sites (N-methyl/N-ethyl adjacent to an activating group) is 1. The molecule has 1 rings (SSSR count). The van der Waals surface area contributed by atoms with Crippen LogP contribution in [-0.2, 0) is 0 Å². The molecule has 0 N–H and O–H groups in total. The smallest absolute Gasteiger partial charge is 0.216 e. The van der Waals surface area contributed by atoms with Crippen LogP contribution in [0.25, 0.3) is 0 Å². The summed E-state index contributed by atoms with van der Waals surface area (Å²) in [6, 6.07) is 9.40. The van der Waals surface area contributed by atoms with E-state index in [1.54, 1.807) is 0 Å². The van der Waals surface area contributed by atoms with Crippen molar-refractivity contribution < 1.29 is 26.3 Å². The summed E-state index contributed by atoms with van der Waals surface area (Å²) in [6.45, 7) is 3.01. The van der Waals surface area contributed by atoms with Crippen molar-refractivity contribution in [3.8, 4) is 11.8 Å². The molecule has 1 aromatic carbocycles. The minimum atomic E-state index is 0. The van der Waals surface area contributed by atoms with Crippen molar-refractivity contribution in [3.63, 3.8) is 0 Å². The third kappa shape index (κ3) is 5.67. The van der Waals surface area contributed by atoms with E-state index in [0.29, 0.717) is 17.6 Å². The molecule has 0 saturated carbocycles. The minimum Gasteiger partial charge on any atom is -1.00 e. The predicted octanol–water partition coefficient (Wildman–Crippen LogP) is -1.03. The Morgan fingerprint density at radius 1 is 1.24 bits per heavy atom. The van der Waals surface area contributed by atoms with Gasteiger partial charge in [-0.15, -0.1) is 5.92 Å². The number of quaternary nitrogens is 1. The highest BCUT2D eigenvalue weighted by Crippen LogP contribution is 2.04. The Morgan fingerprint density at radius 2 is 1.82 bits per heavy atom. The first kappa shape index (κ1) is 15.9. The van der Waals surface area contributed by atoms with E-state index in [4.69, 9.17) is 0 Å². The zero-order valence-electron chi connectivity index (χ0n) is 10.5. The second-order valence-corrected chi connectivity index (χ2v) is 4.47. The van der Waals surface area contributed by atoms with E-state index < -0.39 is 0 Å². The van der Waals surface area contributed by atoms with Crippen LogP contribution >= 0.6 is 0 Å². The van der Waals surface area contributed by atoms with Gasteiger partial charge in [-0.3, -0.25) is 4.79 Å². The molecule has 0 aliphatic carbocycles. The number of hydrogen-bond acceptors (Lipinski definition) is 1. The highest BCUT2D eigenvalue weighted by Gasteiger charge is 2.19. The fourth-order valence-corrected chi connectivity index (χ4v) is 1.45. The summed E-state index contributed by atoms with van der Waals surface area (Å²) in [5.74, 6) is 6.05. The van der Waals surface area contributed by atoms with Crippen LogP contribution in [0.2, 0.25) is 0 Å². The Kier molecular flexibility index (Phi) is 6.79. The van der Waals surface area contributed by atoms with Crippen LogP contribution in [0.15, 0.2) is 30.3 Å². The number of Topliss-reactive ketones (excluding diaryl/α,β-unsaturated/α-hetero) is 1. The number of ketones is 1. The average Bonchev–Trinajstić information content (AvgIpc) is 2.27. The van der Waals surface area contributed by atoms with Crippen molar-refractivity contribution in [1.82, 2.24) is 0 Å². The molecule has 0 unspecified atom stereocenters. The number of hydrogen-bond donors (Lipinski definition) is 0. The Hall–Kier alpha value is -1.11. The molecule has 0 fully saturated rings. The van der Waals surface area contributed by atoms with Gasteiger partial charge in [0.2, 0.25) is 5.78 Å². The maximum absolute atomic E-state index is 12.0. The summed E-state index contributed by atoms with van der Waals surface area (Å²) in [5.41, 5.74) is 0.776. The fraction of sp³-hybridized carbons (Fsp3) is 0.357. The molecular weight excluding hydrogens is 278 g/mol. The fourth-order valence-electron chi connectivity index (χ4n) is 1.45. The van der Waals surface area contributed by atoms with Gasteiger partial charge in [0.15, 0.2) is 0 Å². The third-order valence-electron chi connectivity index (χ3n) is 2.35. The molecule has 0 heterocycles. The number of benzene rings is 1. The van der Waals surface area contributed by atoms with Gasteiger partial charge in [-0.2, -0.15) is 0 Å². The van der Waals surface area contributed by atoms with Crippen LogP contribution in [0, 0.1) is 11.8 Å². The third-order valence-corrected chi connectivity index (χ3v) is 2.35. The highest BCUT2D eigenvalue weighted by molar-refractivity contribution is 5.96. The van der Waals surface area contributed by atoms with Gasteiger partial charge in [-0.1, -0.05) is 30.3 Å². The number of halogens is 1. The van der Waals surface area contributed by atoms with Crippen molar-refractivity contribution in [2.75, 3.05) is 27.2 Å². The molecule has 0 radical (unpaired) electrons. The van der Waals surface area contributed by atoms with Crippen LogP contribution in [-0.4, -0.2) is 37.5 Å². The molecule has 1 aromatic rings. The lowest BCUT2D eigenvalue weighted by Crippen LogP contribution is -3.00. The first-order chi connectivity index (χ1) is 7.55. The van der Waals surface area contributed by atoms with Gasteiger partial charge in [-0.05, 0) is 12.8 Å². The zero-order chi connectivity index (χ0) is 12.0. The summed E-state index contributed by atoms with van der Waals surface area (Å²) in [7, 11) is 4.04. The largest absolute Gasteiger partial charge is 1.00 e. The van der Waals surface area contributed by atoms with Crippen LogP contribution in [0.3, 0.4) is 0 Å². The van der Waals surface area contributed by atoms with Crippen LogP contribution in [0.4, 0.5) is 0 Å². The van der Waals surface area contributed by atoms with E-state index in [1.807, 2.05) is 51.4 Å². The lowest BCUT2D eigenvalue weighted by atomic mass is 10.1. The van der Waals surface area contributed by atoms with Gasteiger partial charge < -0.3 is 21.5 Å². The summed E-state index contributed by atoms with van der Waals surface area (Å²) in [6.07, 6.45) is 0. The van der Waals surface area contributed by atoms with E-state index in [0.717, 1.165) is 5.56 Å². The van der Waals surface area contributed by atoms with Crippen LogP contribution in [0.1, 0.15) is 17.3 Å². The van der Waals surface area contributed by atoms with E-state index >= 15 is 0 Å². The Labute approximate surface area is 114 Å². The second-order valence-electron chi connectivity index (χ2n) is 4.47. The van der Waals surface area contributed by atoms with E-state index in [1.165, 1.54) is 0 Å². The zero-order valence-corrected chi connectivity index (χ0v) is 12.1. The number of nitrogens with zero attached hydrogens (tertiary/aromatic N) is 1.